The maximum absolute atomic E-state index is 13.6. The lowest BCUT2D eigenvalue weighted by atomic mass is 9.80. The van der Waals surface area contributed by atoms with Gasteiger partial charge in [0.05, 0.1) is 0 Å². The number of carbonyl (C=O) groups is 4. The normalized spacial score (nSPS) is 12.0. The van der Waals surface area contributed by atoms with E-state index in [0.717, 1.165) is 92.4 Å². The molecule has 0 aliphatic heterocycles. The Morgan fingerprint density at radius 1 is 0.346 bits per heavy atom. The molecule has 0 heterocycles. The van der Waals surface area contributed by atoms with Gasteiger partial charge in [0.25, 0.3) is 23.6 Å². The summed E-state index contributed by atoms with van der Waals surface area (Å²) in [4.78, 5) is 53.3. The predicted octanol–water partition coefficient (Wildman–Crippen LogP) is 12.1. The summed E-state index contributed by atoms with van der Waals surface area (Å²) in [7, 11) is 0. The summed E-state index contributed by atoms with van der Waals surface area (Å²) < 4.78 is 26.7. The second-order valence-corrected chi connectivity index (χ2v) is 25.1. The maximum Gasteiger partial charge on any atom is 0.257 e. The average molecular weight is 1080 g/mol. The Bertz CT molecular complexity index is 2680. The van der Waals surface area contributed by atoms with Gasteiger partial charge in [-0.3, -0.25) is 19.2 Å². The molecular weight excluding hydrogens is 977 g/mol. The Morgan fingerprint density at radius 3 is 0.808 bits per heavy atom. The topological polar surface area (TPSA) is 153 Å². The second-order valence-electron chi connectivity index (χ2n) is 25.1. The number of benzene rings is 4. The minimum absolute atomic E-state index is 0.128. The molecule has 78 heavy (non-hydrogen) atoms. The Labute approximate surface area is 469 Å². The van der Waals surface area contributed by atoms with Gasteiger partial charge >= 0.3 is 0 Å². The number of hydrogen-bond donors (Lipinski definition) is 4. The molecule has 0 radical (unpaired) electrons. The first-order valence-electron chi connectivity index (χ1n) is 28.7. The van der Waals surface area contributed by atoms with Crippen LogP contribution in [0.4, 0.5) is 0 Å². The van der Waals surface area contributed by atoms with Gasteiger partial charge in [-0.1, -0.05) is 166 Å². The van der Waals surface area contributed by atoms with Gasteiger partial charge in [0.15, 0.2) is 26.4 Å². The summed E-state index contributed by atoms with van der Waals surface area (Å²) >= 11 is 0. The monoisotopic (exact) mass is 1070 g/mol. The quantitative estimate of drug-likeness (QED) is 0.0460. The molecule has 0 fully saturated rings. The Morgan fingerprint density at radius 2 is 0.564 bits per heavy atom. The Balaban J connectivity index is 2.14. The van der Waals surface area contributed by atoms with Crippen molar-refractivity contribution >= 4 is 23.6 Å². The number of hydrogen-bond acceptors (Lipinski definition) is 8. The van der Waals surface area contributed by atoms with Crippen molar-refractivity contribution < 1.29 is 38.1 Å². The minimum atomic E-state index is -0.325. The fourth-order valence-electron chi connectivity index (χ4n) is 9.08. The van der Waals surface area contributed by atoms with Crippen molar-refractivity contribution in [2.75, 3.05) is 52.6 Å². The lowest BCUT2D eigenvalue weighted by Crippen LogP contribution is -2.30. The molecule has 12 nitrogen and oxygen atoms in total. The maximum atomic E-state index is 13.6. The molecule has 4 aromatic rings. The molecule has 4 rings (SSSR count). The first-order valence-corrected chi connectivity index (χ1v) is 28.7. The Hall–Kier alpha value is -6.04. The molecule has 0 bridgehead atoms. The predicted molar refractivity (Wildman–Crippen MR) is 318 cm³/mol. The van der Waals surface area contributed by atoms with Crippen molar-refractivity contribution in [3.63, 3.8) is 0 Å². The van der Waals surface area contributed by atoms with Crippen molar-refractivity contribution in [2.45, 2.75) is 198 Å². The van der Waals surface area contributed by atoms with E-state index in [2.05, 4.69) is 160 Å². The highest BCUT2D eigenvalue weighted by atomic mass is 16.5. The van der Waals surface area contributed by atoms with Crippen LogP contribution in [0.1, 0.15) is 210 Å². The van der Waals surface area contributed by atoms with E-state index in [-0.39, 0.29) is 71.7 Å². The molecule has 0 saturated carbocycles. The van der Waals surface area contributed by atoms with Crippen LogP contribution in [0.2, 0.25) is 0 Å². The van der Waals surface area contributed by atoms with Crippen molar-refractivity contribution in [1.82, 2.24) is 21.3 Å². The van der Waals surface area contributed by atoms with Gasteiger partial charge < -0.3 is 40.2 Å². The standard InChI is InChI=1S/C66H98N4O8/c1-19-24-67-55(71)39-75-59-43(6)28-51(63(7,8)9)33-45(59)29-47-35-53(65(13,14)15)37-49(61(47)77-41-57(73)69-26-21-3)31-50-38-54(66(16,17)18)36-48(62(50)78-42-58(74)70-27-22-4)30-46-34-52(64(10,11)12)32-44(23-5)60(46)76-40-56(72)68-25-20-2/h28,32-38H,19-27,29-31,39-42H2,1-18H3,(H,67,71)(H,68,72)(H,69,73)(H,70,74). The van der Waals surface area contributed by atoms with Gasteiger partial charge in [0, 0.05) is 45.4 Å². The van der Waals surface area contributed by atoms with Gasteiger partial charge in [-0.2, -0.15) is 0 Å². The number of nitrogens with one attached hydrogen (secondary N) is 4. The molecule has 0 saturated heterocycles. The molecule has 0 spiro atoms. The van der Waals surface area contributed by atoms with E-state index in [1.54, 1.807) is 0 Å². The third kappa shape index (κ3) is 19.1. The highest BCUT2D eigenvalue weighted by molar-refractivity contribution is 5.79. The molecule has 4 aromatic carbocycles. The molecule has 0 aliphatic rings. The minimum Gasteiger partial charge on any atom is -0.483 e. The molecular formula is C66H98N4O8. The third-order valence-electron chi connectivity index (χ3n) is 13.7. The smallest absolute Gasteiger partial charge is 0.257 e. The van der Waals surface area contributed by atoms with Crippen LogP contribution in [0.3, 0.4) is 0 Å². The van der Waals surface area contributed by atoms with Crippen molar-refractivity contribution in [3.05, 3.63) is 115 Å². The zero-order chi connectivity index (χ0) is 58.2. The lowest BCUT2D eigenvalue weighted by molar-refractivity contribution is -0.123. The molecule has 12 heteroatoms. The van der Waals surface area contributed by atoms with E-state index in [1.165, 1.54) is 0 Å². The number of aryl methyl sites for hydroxylation is 2. The zero-order valence-electron chi connectivity index (χ0n) is 51.2. The highest BCUT2D eigenvalue weighted by Crippen LogP contribution is 2.43. The summed E-state index contributed by atoms with van der Waals surface area (Å²) in [5.41, 5.74) is 10.5. The van der Waals surface area contributed by atoms with E-state index < -0.39 is 0 Å². The van der Waals surface area contributed by atoms with Crippen LogP contribution in [0.5, 0.6) is 23.0 Å². The SMILES string of the molecule is CCCNC(=O)COc1c(C)cc(C(C)(C)C)cc1Cc1cc(C(C)(C)C)cc(Cc2cc(C(C)(C)C)cc(Cc3cc(C(C)(C)C)cc(CC)c3OCC(=O)NCCC)c2OCC(=O)NCCC)c1OCC(=O)NCCC. The molecule has 4 N–H and O–H groups in total. The Kier molecular flexibility index (Phi) is 23.7. The van der Waals surface area contributed by atoms with Crippen molar-refractivity contribution in [2.24, 2.45) is 0 Å². The average Bonchev–Trinajstić information content (AvgIpc) is 3.36. The fraction of sp³-hybridized carbons (Fsp3) is 0.576. The first kappa shape index (κ1) is 64.5. The van der Waals surface area contributed by atoms with Crippen molar-refractivity contribution in [3.8, 4) is 23.0 Å². The van der Waals surface area contributed by atoms with Crippen LogP contribution >= 0.6 is 0 Å². The number of rotatable bonds is 27. The van der Waals surface area contributed by atoms with Gasteiger partial charge in [0.2, 0.25) is 0 Å². The molecule has 0 atom stereocenters. The van der Waals surface area contributed by atoms with Crippen LogP contribution in [0, 0.1) is 6.92 Å². The van der Waals surface area contributed by atoms with Gasteiger partial charge in [0.1, 0.15) is 23.0 Å². The summed E-state index contributed by atoms with van der Waals surface area (Å²) in [6, 6.07) is 17.5. The zero-order valence-corrected chi connectivity index (χ0v) is 51.2. The van der Waals surface area contributed by atoms with Gasteiger partial charge in [-0.25, -0.2) is 0 Å². The summed E-state index contributed by atoms with van der Waals surface area (Å²) in [5, 5.41) is 11.9. The van der Waals surface area contributed by atoms with E-state index in [0.29, 0.717) is 74.9 Å². The summed E-state index contributed by atoms with van der Waals surface area (Å²) in [5.74, 6) is 1.61. The van der Waals surface area contributed by atoms with Crippen LogP contribution < -0.4 is 40.2 Å². The van der Waals surface area contributed by atoms with Crippen LogP contribution in [0.15, 0.2) is 48.5 Å². The number of amides is 4. The fourth-order valence-corrected chi connectivity index (χ4v) is 9.08. The summed E-state index contributed by atoms with van der Waals surface area (Å²) in [6.45, 7) is 39.9. The molecule has 430 valence electrons. The number of ether oxygens (including phenoxy) is 4. The molecule has 4 amide bonds. The largest absolute Gasteiger partial charge is 0.483 e. The molecule has 0 aliphatic carbocycles. The van der Waals surface area contributed by atoms with Crippen LogP contribution in [0.25, 0.3) is 0 Å². The van der Waals surface area contributed by atoms with Gasteiger partial charge in [-0.05, 0) is 127 Å². The lowest BCUT2D eigenvalue weighted by Gasteiger charge is -2.28. The highest BCUT2D eigenvalue weighted by Gasteiger charge is 2.29. The van der Waals surface area contributed by atoms with Crippen LogP contribution in [-0.4, -0.2) is 76.2 Å². The summed E-state index contributed by atoms with van der Waals surface area (Å²) in [6.07, 6.45) is 4.93. The first-order chi connectivity index (χ1) is 36.5. The second kappa shape index (κ2) is 28.7. The van der Waals surface area contributed by atoms with Crippen LogP contribution in [-0.2, 0) is 66.5 Å². The van der Waals surface area contributed by atoms with E-state index in [9.17, 15) is 19.2 Å². The third-order valence-corrected chi connectivity index (χ3v) is 13.7. The van der Waals surface area contributed by atoms with E-state index in [1.807, 2.05) is 34.6 Å². The van der Waals surface area contributed by atoms with E-state index in [4.69, 9.17) is 18.9 Å². The van der Waals surface area contributed by atoms with Gasteiger partial charge in [-0.15, -0.1) is 0 Å². The van der Waals surface area contributed by atoms with Crippen molar-refractivity contribution in [1.29, 1.82) is 0 Å². The van der Waals surface area contributed by atoms with E-state index >= 15 is 0 Å². The molecule has 0 aromatic heterocycles. The number of carbonyl (C=O) groups excluding carboxylic acids is 4. The molecule has 0 unspecified atom stereocenters.